The normalized spacial score (nSPS) is 11.3. The number of aryl methyl sites for hydroxylation is 1. The number of thiophene rings is 1. The first-order valence-electron chi connectivity index (χ1n) is 6.23. The number of nitrogens with two attached hydrogens (primary N) is 1. The Labute approximate surface area is 128 Å². The number of rotatable bonds is 2. The molecule has 4 aromatic rings. The number of hydrogen-bond acceptors (Lipinski definition) is 7. The van der Waals surface area contributed by atoms with E-state index >= 15 is 0 Å². The largest absolute Gasteiger partial charge is 0.437 e. The summed E-state index contributed by atoms with van der Waals surface area (Å²) in [4.78, 5) is 12.7. The van der Waals surface area contributed by atoms with E-state index < -0.39 is 0 Å². The highest BCUT2D eigenvalue weighted by molar-refractivity contribution is 7.21. The fourth-order valence-corrected chi connectivity index (χ4v) is 4.00. The van der Waals surface area contributed by atoms with Crippen molar-refractivity contribution in [1.82, 2.24) is 15.0 Å². The number of aromatic nitrogens is 3. The number of ether oxygens (including phenoxy) is 1. The molecule has 0 aliphatic carbocycles. The zero-order chi connectivity index (χ0) is 14.4. The Morgan fingerprint density at radius 3 is 2.95 bits per heavy atom. The minimum Gasteiger partial charge on any atom is -0.437 e. The molecule has 4 rings (SSSR count). The van der Waals surface area contributed by atoms with Crippen molar-refractivity contribution in [3.05, 3.63) is 34.9 Å². The molecule has 1 aromatic carbocycles. The topological polar surface area (TPSA) is 73.9 Å². The zero-order valence-corrected chi connectivity index (χ0v) is 12.7. The van der Waals surface area contributed by atoms with Crippen LogP contribution < -0.4 is 10.5 Å². The Bertz CT molecular complexity index is 943. The van der Waals surface area contributed by atoms with Crippen LogP contribution in [0.3, 0.4) is 0 Å². The molecule has 0 spiro atoms. The van der Waals surface area contributed by atoms with E-state index in [-0.39, 0.29) is 0 Å². The minimum atomic E-state index is 0.372. The maximum atomic E-state index is 5.88. The molecule has 104 valence electrons. The summed E-state index contributed by atoms with van der Waals surface area (Å²) in [6.07, 6.45) is 3.01. The predicted molar refractivity (Wildman–Crippen MR) is 86.3 cm³/mol. The molecule has 0 unspecified atom stereocenters. The van der Waals surface area contributed by atoms with Gasteiger partial charge in [0, 0.05) is 11.5 Å². The molecule has 0 amide bonds. The first kappa shape index (κ1) is 12.5. The molecule has 7 heteroatoms. The Balaban J connectivity index is 1.89. The SMILES string of the molecule is Cc1nc2c(cc(Oc3cnc(N)cn3)c3ccsc32)s1. The van der Waals surface area contributed by atoms with Crippen LogP contribution in [0.15, 0.2) is 29.9 Å². The van der Waals surface area contributed by atoms with Crippen LogP contribution >= 0.6 is 22.7 Å². The van der Waals surface area contributed by atoms with Gasteiger partial charge in [-0.3, -0.25) is 0 Å². The van der Waals surface area contributed by atoms with Crippen molar-refractivity contribution in [3.63, 3.8) is 0 Å². The van der Waals surface area contributed by atoms with Crippen LogP contribution in [-0.2, 0) is 0 Å². The molecular formula is C14H10N4OS2. The summed E-state index contributed by atoms with van der Waals surface area (Å²) in [6, 6.07) is 4.04. The fraction of sp³-hybridized carbons (Fsp3) is 0.0714. The van der Waals surface area contributed by atoms with Crippen molar-refractivity contribution in [3.8, 4) is 11.6 Å². The summed E-state index contributed by atoms with van der Waals surface area (Å²) < 4.78 is 8.13. The van der Waals surface area contributed by atoms with Gasteiger partial charge in [0.1, 0.15) is 11.6 Å². The maximum absolute atomic E-state index is 5.88. The van der Waals surface area contributed by atoms with Gasteiger partial charge in [0.25, 0.3) is 0 Å². The number of hydrogen-bond donors (Lipinski definition) is 1. The highest BCUT2D eigenvalue weighted by Crippen LogP contribution is 2.40. The number of fused-ring (bicyclic) bond motifs is 3. The average Bonchev–Trinajstić information content (AvgIpc) is 3.07. The van der Waals surface area contributed by atoms with Crippen molar-refractivity contribution in [2.75, 3.05) is 5.73 Å². The highest BCUT2D eigenvalue weighted by Gasteiger charge is 2.13. The lowest BCUT2D eigenvalue weighted by atomic mass is 10.2. The molecule has 2 N–H and O–H groups in total. The lowest BCUT2D eigenvalue weighted by molar-refractivity contribution is 0.466. The van der Waals surface area contributed by atoms with Crippen molar-refractivity contribution in [2.24, 2.45) is 0 Å². The highest BCUT2D eigenvalue weighted by atomic mass is 32.1. The van der Waals surface area contributed by atoms with Crippen LogP contribution in [0.4, 0.5) is 5.82 Å². The summed E-state index contributed by atoms with van der Waals surface area (Å²) in [5, 5.41) is 4.13. The van der Waals surface area contributed by atoms with Gasteiger partial charge in [-0.25, -0.2) is 15.0 Å². The lowest BCUT2D eigenvalue weighted by Gasteiger charge is -2.06. The van der Waals surface area contributed by atoms with E-state index in [2.05, 4.69) is 15.0 Å². The maximum Gasteiger partial charge on any atom is 0.238 e. The van der Waals surface area contributed by atoms with E-state index in [9.17, 15) is 0 Å². The quantitative estimate of drug-likeness (QED) is 0.605. The lowest BCUT2D eigenvalue weighted by Crippen LogP contribution is -1.93. The third kappa shape index (κ3) is 2.10. The van der Waals surface area contributed by atoms with Crippen LogP contribution in [0.25, 0.3) is 20.3 Å². The standard InChI is InChI=1S/C14H10N4OS2/c1-7-18-13-10(21-7)4-9(8-2-3-20-14(8)13)19-12-6-16-11(15)5-17-12/h2-6H,1H3,(H2,15,16). The molecule has 0 bridgehead atoms. The van der Waals surface area contributed by atoms with Crippen LogP contribution in [0.2, 0.25) is 0 Å². The molecule has 0 radical (unpaired) electrons. The second-order valence-corrected chi connectivity index (χ2v) is 6.65. The molecule has 0 saturated carbocycles. The number of nitrogens with zero attached hydrogens (tertiary/aromatic N) is 3. The monoisotopic (exact) mass is 314 g/mol. The second kappa shape index (κ2) is 4.64. The molecule has 0 aliphatic rings. The molecule has 0 saturated heterocycles. The first-order valence-corrected chi connectivity index (χ1v) is 7.93. The molecule has 0 atom stereocenters. The summed E-state index contributed by atoms with van der Waals surface area (Å²) >= 11 is 3.32. The van der Waals surface area contributed by atoms with Crippen LogP contribution in [0.1, 0.15) is 5.01 Å². The number of nitrogen functional groups attached to an aromatic ring is 1. The van der Waals surface area contributed by atoms with E-state index in [1.165, 1.54) is 12.4 Å². The third-order valence-electron chi connectivity index (χ3n) is 3.03. The first-order chi connectivity index (χ1) is 10.2. The van der Waals surface area contributed by atoms with Gasteiger partial charge in [-0.15, -0.1) is 22.7 Å². The van der Waals surface area contributed by atoms with E-state index in [1.54, 1.807) is 22.7 Å². The molecule has 21 heavy (non-hydrogen) atoms. The smallest absolute Gasteiger partial charge is 0.238 e. The molecule has 3 aromatic heterocycles. The van der Waals surface area contributed by atoms with Crippen molar-refractivity contribution in [2.45, 2.75) is 6.92 Å². The number of benzene rings is 1. The molecule has 5 nitrogen and oxygen atoms in total. The molecule has 3 heterocycles. The van der Waals surface area contributed by atoms with E-state index in [1.807, 2.05) is 24.4 Å². The van der Waals surface area contributed by atoms with E-state index in [0.29, 0.717) is 11.7 Å². The second-order valence-electron chi connectivity index (χ2n) is 4.50. The summed E-state index contributed by atoms with van der Waals surface area (Å²) in [5.74, 6) is 1.57. The zero-order valence-electron chi connectivity index (χ0n) is 11.0. The van der Waals surface area contributed by atoms with E-state index in [4.69, 9.17) is 10.5 Å². The average molecular weight is 314 g/mol. The van der Waals surface area contributed by atoms with Gasteiger partial charge in [0.15, 0.2) is 0 Å². The van der Waals surface area contributed by atoms with Gasteiger partial charge in [0.2, 0.25) is 5.88 Å². The van der Waals surface area contributed by atoms with Crippen LogP contribution in [0.5, 0.6) is 11.6 Å². The van der Waals surface area contributed by atoms with Crippen LogP contribution in [0, 0.1) is 6.92 Å². The van der Waals surface area contributed by atoms with Gasteiger partial charge >= 0.3 is 0 Å². The van der Waals surface area contributed by atoms with Gasteiger partial charge in [-0.2, -0.15) is 0 Å². The predicted octanol–water partition coefficient (Wildman–Crippen LogP) is 3.98. The van der Waals surface area contributed by atoms with Crippen LogP contribution in [-0.4, -0.2) is 15.0 Å². The number of anilines is 1. The minimum absolute atomic E-state index is 0.372. The Morgan fingerprint density at radius 2 is 2.14 bits per heavy atom. The molecular weight excluding hydrogens is 304 g/mol. The molecule has 0 fully saturated rings. The van der Waals surface area contributed by atoms with Crippen molar-refractivity contribution >= 4 is 48.8 Å². The van der Waals surface area contributed by atoms with Gasteiger partial charge in [0.05, 0.1) is 32.3 Å². The van der Waals surface area contributed by atoms with Crippen molar-refractivity contribution < 1.29 is 4.74 Å². The molecule has 0 aliphatic heterocycles. The number of thiazole rings is 1. The Morgan fingerprint density at radius 1 is 1.24 bits per heavy atom. The van der Waals surface area contributed by atoms with Gasteiger partial charge in [-0.1, -0.05) is 0 Å². The van der Waals surface area contributed by atoms with Crippen molar-refractivity contribution in [1.29, 1.82) is 0 Å². The Hall–Kier alpha value is -2.25. The van der Waals surface area contributed by atoms with E-state index in [0.717, 1.165) is 31.1 Å². The summed E-state index contributed by atoms with van der Waals surface area (Å²) in [7, 11) is 0. The van der Waals surface area contributed by atoms with Gasteiger partial charge in [-0.05, 0) is 18.4 Å². The van der Waals surface area contributed by atoms with Gasteiger partial charge < -0.3 is 10.5 Å². The summed E-state index contributed by atoms with van der Waals surface area (Å²) in [5.41, 5.74) is 6.58. The Kier molecular flexibility index (Phi) is 2.76. The summed E-state index contributed by atoms with van der Waals surface area (Å²) in [6.45, 7) is 2.01. The fourth-order valence-electron chi connectivity index (χ4n) is 2.16. The third-order valence-corrected chi connectivity index (χ3v) is 4.87.